The molecule has 1 heterocycles. The Hall–Kier alpha value is -2.46. The zero-order chi connectivity index (χ0) is 13.8. The van der Waals surface area contributed by atoms with Gasteiger partial charge >= 0.3 is 0 Å². The molecule has 0 fully saturated rings. The van der Waals surface area contributed by atoms with Crippen LogP contribution in [0, 0.1) is 0 Å². The highest BCUT2D eigenvalue weighted by Gasteiger charge is 2.21. The number of rotatable bonds is 4. The highest BCUT2D eigenvalue weighted by molar-refractivity contribution is 5.37. The zero-order valence-electron chi connectivity index (χ0n) is 10.9. The topological polar surface area (TPSA) is 64.9 Å². The first kappa shape index (κ1) is 12.6. The molecule has 0 atom stereocenters. The van der Waals surface area contributed by atoms with Crippen LogP contribution >= 0.6 is 0 Å². The summed E-state index contributed by atoms with van der Waals surface area (Å²) >= 11 is 0. The maximum absolute atomic E-state index is 5.54. The molecule has 0 saturated heterocycles. The summed E-state index contributed by atoms with van der Waals surface area (Å²) in [4.78, 5) is 4.38. The number of hydrogen-bond donors (Lipinski definition) is 1. The number of benzene rings is 2. The van der Waals surface area contributed by atoms with Crippen LogP contribution in [-0.2, 0) is 6.54 Å². The first-order valence-electron chi connectivity index (χ1n) is 6.51. The van der Waals surface area contributed by atoms with Crippen molar-refractivity contribution < 1.29 is 4.52 Å². The Morgan fingerprint density at radius 1 is 0.900 bits per heavy atom. The normalized spacial score (nSPS) is 10.9. The first-order chi connectivity index (χ1) is 9.88. The van der Waals surface area contributed by atoms with Crippen molar-refractivity contribution in [3.05, 3.63) is 83.5 Å². The molecular weight excluding hydrogens is 250 g/mol. The van der Waals surface area contributed by atoms with Crippen LogP contribution < -0.4 is 5.73 Å². The van der Waals surface area contributed by atoms with Crippen molar-refractivity contribution >= 4 is 0 Å². The van der Waals surface area contributed by atoms with Gasteiger partial charge in [0.2, 0.25) is 5.89 Å². The molecule has 0 aliphatic rings. The highest BCUT2D eigenvalue weighted by atomic mass is 16.5. The SMILES string of the molecule is NCc1nc(C(c2ccccc2)c2ccccc2)no1. The largest absolute Gasteiger partial charge is 0.338 e. The molecule has 20 heavy (non-hydrogen) atoms. The van der Waals surface area contributed by atoms with E-state index in [4.69, 9.17) is 10.3 Å². The molecule has 3 rings (SSSR count). The van der Waals surface area contributed by atoms with Crippen LogP contribution in [0.25, 0.3) is 0 Å². The van der Waals surface area contributed by atoms with Crippen LogP contribution in [0.5, 0.6) is 0 Å². The van der Waals surface area contributed by atoms with Gasteiger partial charge in [0.1, 0.15) is 0 Å². The number of nitrogens with two attached hydrogens (primary N) is 1. The minimum Gasteiger partial charge on any atom is -0.338 e. The summed E-state index contributed by atoms with van der Waals surface area (Å²) in [6, 6.07) is 20.3. The molecule has 0 unspecified atom stereocenters. The van der Waals surface area contributed by atoms with Gasteiger partial charge in [-0.3, -0.25) is 0 Å². The Labute approximate surface area is 117 Å². The summed E-state index contributed by atoms with van der Waals surface area (Å²) in [6.07, 6.45) is 0. The minimum absolute atomic E-state index is 0.0403. The second-order valence-electron chi connectivity index (χ2n) is 4.50. The van der Waals surface area contributed by atoms with Gasteiger partial charge < -0.3 is 10.3 Å². The Bertz CT molecular complexity index is 625. The van der Waals surface area contributed by atoms with Crippen molar-refractivity contribution in [2.24, 2.45) is 5.73 Å². The molecule has 100 valence electrons. The van der Waals surface area contributed by atoms with Crippen LogP contribution in [0.3, 0.4) is 0 Å². The summed E-state index contributed by atoms with van der Waals surface area (Å²) in [5, 5.41) is 4.07. The van der Waals surface area contributed by atoms with Gasteiger partial charge in [-0.05, 0) is 11.1 Å². The van der Waals surface area contributed by atoms with E-state index in [1.807, 2.05) is 36.4 Å². The molecular formula is C16H15N3O. The molecule has 0 aliphatic carbocycles. The third kappa shape index (κ3) is 2.46. The number of nitrogens with zero attached hydrogens (tertiary/aromatic N) is 2. The zero-order valence-corrected chi connectivity index (χ0v) is 10.9. The van der Waals surface area contributed by atoms with E-state index in [1.165, 1.54) is 0 Å². The lowest BCUT2D eigenvalue weighted by molar-refractivity contribution is 0.374. The molecule has 0 saturated carbocycles. The van der Waals surface area contributed by atoms with Gasteiger partial charge in [0.05, 0.1) is 12.5 Å². The molecule has 4 heteroatoms. The molecule has 0 amide bonds. The third-order valence-electron chi connectivity index (χ3n) is 3.18. The molecule has 2 N–H and O–H groups in total. The van der Waals surface area contributed by atoms with E-state index in [2.05, 4.69) is 34.4 Å². The van der Waals surface area contributed by atoms with Crippen LogP contribution in [-0.4, -0.2) is 10.1 Å². The minimum atomic E-state index is -0.0403. The molecule has 1 aromatic heterocycles. The molecule has 2 aromatic carbocycles. The van der Waals surface area contributed by atoms with Crippen LogP contribution in [0.2, 0.25) is 0 Å². The van der Waals surface area contributed by atoms with Crippen LogP contribution in [0.15, 0.2) is 65.2 Å². The van der Waals surface area contributed by atoms with Crippen molar-refractivity contribution in [2.75, 3.05) is 0 Å². The van der Waals surface area contributed by atoms with Crippen molar-refractivity contribution in [3.8, 4) is 0 Å². The van der Waals surface area contributed by atoms with Crippen molar-refractivity contribution in [1.29, 1.82) is 0 Å². The molecule has 0 spiro atoms. The number of hydrogen-bond acceptors (Lipinski definition) is 4. The maximum Gasteiger partial charge on any atom is 0.240 e. The van der Waals surface area contributed by atoms with E-state index in [0.717, 1.165) is 11.1 Å². The van der Waals surface area contributed by atoms with Gasteiger partial charge in [-0.1, -0.05) is 65.8 Å². The summed E-state index contributed by atoms with van der Waals surface area (Å²) in [5.74, 6) is 1.06. The Balaban J connectivity index is 2.09. The Morgan fingerprint density at radius 3 is 1.90 bits per heavy atom. The van der Waals surface area contributed by atoms with Gasteiger partial charge in [0, 0.05) is 0 Å². The van der Waals surface area contributed by atoms with E-state index in [1.54, 1.807) is 0 Å². The van der Waals surface area contributed by atoms with Crippen LogP contribution in [0.1, 0.15) is 28.8 Å². The van der Waals surface area contributed by atoms with E-state index in [0.29, 0.717) is 11.7 Å². The molecule has 4 nitrogen and oxygen atoms in total. The third-order valence-corrected chi connectivity index (χ3v) is 3.18. The second kappa shape index (κ2) is 5.67. The lowest BCUT2D eigenvalue weighted by Gasteiger charge is -2.13. The standard InChI is InChI=1S/C16H15N3O/c17-11-14-18-16(19-20-14)15(12-7-3-1-4-8-12)13-9-5-2-6-10-13/h1-10,15H,11,17H2. The van der Waals surface area contributed by atoms with Crippen molar-refractivity contribution in [2.45, 2.75) is 12.5 Å². The van der Waals surface area contributed by atoms with Crippen LogP contribution in [0.4, 0.5) is 0 Å². The predicted octanol–water partition coefficient (Wildman–Crippen LogP) is 2.71. The van der Waals surface area contributed by atoms with Gasteiger partial charge in [0.15, 0.2) is 5.82 Å². The molecule has 0 aliphatic heterocycles. The Morgan fingerprint density at radius 2 is 1.45 bits per heavy atom. The molecule has 0 bridgehead atoms. The van der Waals surface area contributed by atoms with E-state index < -0.39 is 0 Å². The summed E-state index contributed by atoms with van der Waals surface area (Å²) in [6.45, 7) is 0.253. The molecule has 0 radical (unpaired) electrons. The fraction of sp³-hybridized carbons (Fsp3) is 0.125. The summed E-state index contributed by atoms with van der Waals surface area (Å²) < 4.78 is 5.15. The molecule has 3 aromatic rings. The Kier molecular flexibility index (Phi) is 3.56. The number of aromatic nitrogens is 2. The summed E-state index contributed by atoms with van der Waals surface area (Å²) in [5.41, 5.74) is 7.80. The lowest BCUT2D eigenvalue weighted by atomic mass is 9.91. The fourth-order valence-electron chi connectivity index (χ4n) is 2.25. The van der Waals surface area contributed by atoms with Crippen molar-refractivity contribution in [1.82, 2.24) is 10.1 Å². The average molecular weight is 265 g/mol. The fourth-order valence-corrected chi connectivity index (χ4v) is 2.25. The quantitative estimate of drug-likeness (QED) is 0.787. The first-order valence-corrected chi connectivity index (χ1v) is 6.51. The maximum atomic E-state index is 5.54. The highest BCUT2D eigenvalue weighted by Crippen LogP contribution is 2.29. The summed E-state index contributed by atoms with van der Waals surface area (Å²) in [7, 11) is 0. The van der Waals surface area contributed by atoms with Crippen molar-refractivity contribution in [3.63, 3.8) is 0 Å². The monoisotopic (exact) mass is 265 g/mol. The predicted molar refractivity (Wildman–Crippen MR) is 76.0 cm³/mol. The van der Waals surface area contributed by atoms with Gasteiger partial charge in [-0.15, -0.1) is 0 Å². The van der Waals surface area contributed by atoms with Gasteiger partial charge in [-0.25, -0.2) is 0 Å². The average Bonchev–Trinajstić information content (AvgIpc) is 2.98. The van der Waals surface area contributed by atoms with E-state index in [9.17, 15) is 0 Å². The van der Waals surface area contributed by atoms with Gasteiger partial charge in [-0.2, -0.15) is 4.98 Å². The smallest absolute Gasteiger partial charge is 0.240 e. The lowest BCUT2D eigenvalue weighted by Crippen LogP contribution is -2.06. The van der Waals surface area contributed by atoms with E-state index in [-0.39, 0.29) is 12.5 Å². The second-order valence-corrected chi connectivity index (χ2v) is 4.50. The van der Waals surface area contributed by atoms with E-state index >= 15 is 0 Å². The van der Waals surface area contributed by atoms with Gasteiger partial charge in [0.25, 0.3) is 0 Å².